The number of alkyl carbamates (subject to hydrolysis) is 1. The standard InChI is InChI=1S/C41H55N7O4S2/c1-30(2)40-45-36(28-53-40)26-47(4)31(3)43-38(17-18-48-19-21-51-22-20-48)39(49)44-34(23-32-11-7-5-8-12-32)15-16-35(24-33-13-9-6-10-14-33)46-41(50)52-27-37-25-42-29-54-37/h5-14,25,28-30,34-35,38,43H,3,15-24,26-27H2,1-2,4H3,(H,44,49)(H,46,50)/t34-,35-,38+/m1/s1. The van der Waals surface area contributed by atoms with E-state index in [-0.39, 0.29) is 24.6 Å². The lowest BCUT2D eigenvalue weighted by molar-refractivity contribution is -0.124. The van der Waals surface area contributed by atoms with Gasteiger partial charge in [0.05, 0.1) is 46.7 Å². The third-order valence-electron chi connectivity index (χ3n) is 9.43. The van der Waals surface area contributed by atoms with Gasteiger partial charge in [0.15, 0.2) is 0 Å². The minimum absolute atomic E-state index is 0.0778. The first kappa shape index (κ1) is 40.9. The van der Waals surface area contributed by atoms with E-state index in [0.717, 1.165) is 46.3 Å². The number of thiazole rings is 2. The van der Waals surface area contributed by atoms with E-state index >= 15 is 0 Å². The predicted octanol–water partition coefficient (Wildman–Crippen LogP) is 6.35. The molecule has 2 aromatic heterocycles. The van der Waals surface area contributed by atoms with Crippen LogP contribution in [-0.2, 0) is 40.3 Å². The average molecular weight is 774 g/mol. The Bertz CT molecular complexity index is 1700. The number of carbonyl (C=O) groups is 2. The van der Waals surface area contributed by atoms with Crippen LogP contribution in [0.1, 0.15) is 65.7 Å². The number of rotatable bonds is 21. The van der Waals surface area contributed by atoms with Crippen molar-refractivity contribution in [1.82, 2.24) is 35.7 Å². The summed E-state index contributed by atoms with van der Waals surface area (Å²) in [5.41, 5.74) is 4.95. The molecule has 290 valence electrons. The lowest BCUT2D eigenvalue weighted by Gasteiger charge is -2.31. The second-order valence-corrected chi connectivity index (χ2v) is 16.0. The van der Waals surface area contributed by atoms with Crippen molar-refractivity contribution in [2.45, 2.75) is 83.1 Å². The maximum atomic E-state index is 14.3. The topological polar surface area (TPSA) is 121 Å². The van der Waals surface area contributed by atoms with Gasteiger partial charge in [0.25, 0.3) is 0 Å². The summed E-state index contributed by atoms with van der Waals surface area (Å²) in [5, 5.41) is 13.2. The Morgan fingerprint density at radius 3 is 2.17 bits per heavy atom. The van der Waals surface area contributed by atoms with Gasteiger partial charge in [-0.1, -0.05) is 81.1 Å². The van der Waals surface area contributed by atoms with Crippen LogP contribution in [0.5, 0.6) is 0 Å². The van der Waals surface area contributed by atoms with Gasteiger partial charge in [0.1, 0.15) is 12.6 Å². The third kappa shape index (κ3) is 13.8. The number of benzene rings is 2. The van der Waals surface area contributed by atoms with Gasteiger partial charge >= 0.3 is 6.09 Å². The summed E-state index contributed by atoms with van der Waals surface area (Å²) in [4.78, 5) is 41.4. The number of amides is 2. The summed E-state index contributed by atoms with van der Waals surface area (Å²) in [7, 11) is 1.97. The molecule has 1 fully saturated rings. The number of nitrogens with one attached hydrogen (secondary N) is 3. The van der Waals surface area contributed by atoms with E-state index < -0.39 is 12.1 Å². The van der Waals surface area contributed by atoms with Gasteiger partial charge in [0, 0.05) is 56.3 Å². The van der Waals surface area contributed by atoms with E-state index in [9.17, 15) is 9.59 Å². The molecule has 3 atom stereocenters. The fourth-order valence-electron chi connectivity index (χ4n) is 6.33. The van der Waals surface area contributed by atoms with E-state index in [1.807, 2.05) is 48.3 Å². The minimum atomic E-state index is -0.511. The van der Waals surface area contributed by atoms with Crippen molar-refractivity contribution in [3.8, 4) is 0 Å². The molecule has 54 heavy (non-hydrogen) atoms. The zero-order valence-electron chi connectivity index (χ0n) is 31.7. The highest BCUT2D eigenvalue weighted by atomic mass is 32.1. The van der Waals surface area contributed by atoms with Gasteiger partial charge in [0.2, 0.25) is 5.91 Å². The first-order valence-corrected chi connectivity index (χ1v) is 20.6. The molecular weight excluding hydrogens is 719 g/mol. The molecule has 0 unspecified atom stereocenters. The van der Waals surface area contributed by atoms with Gasteiger partial charge in [-0.25, -0.2) is 9.78 Å². The molecule has 1 saturated heterocycles. The SMILES string of the molecule is C=C(N[C@@H](CCN1CCOCC1)C(=O)N[C@H](CC[C@H](Cc1ccccc1)NC(=O)OCc1cncs1)Cc1ccccc1)N(C)Cc1csc(C(C)C)n1. The summed E-state index contributed by atoms with van der Waals surface area (Å²) in [6, 6.07) is 19.4. The molecule has 1 aliphatic rings. The van der Waals surface area contributed by atoms with Crippen LogP contribution in [-0.4, -0.2) is 89.8 Å². The molecule has 0 saturated carbocycles. The number of ether oxygens (including phenoxy) is 2. The third-order valence-corrected chi connectivity index (χ3v) is 11.4. The Balaban J connectivity index is 1.28. The predicted molar refractivity (Wildman–Crippen MR) is 216 cm³/mol. The lowest BCUT2D eigenvalue weighted by atomic mass is 9.95. The Kier molecular flexibility index (Phi) is 16.3. The Morgan fingerprint density at radius 1 is 0.926 bits per heavy atom. The molecule has 0 radical (unpaired) electrons. The van der Waals surface area contributed by atoms with Crippen LogP contribution in [0.2, 0.25) is 0 Å². The lowest BCUT2D eigenvalue weighted by Crippen LogP contribution is -2.51. The van der Waals surface area contributed by atoms with Gasteiger partial charge in [-0.3, -0.25) is 14.7 Å². The van der Waals surface area contributed by atoms with Gasteiger partial charge in [-0.05, 0) is 43.2 Å². The van der Waals surface area contributed by atoms with Gasteiger partial charge < -0.3 is 30.3 Å². The molecule has 11 nitrogen and oxygen atoms in total. The maximum absolute atomic E-state index is 14.3. The number of nitrogens with zero attached hydrogens (tertiary/aromatic N) is 4. The maximum Gasteiger partial charge on any atom is 0.407 e. The molecule has 0 aliphatic carbocycles. The highest BCUT2D eigenvalue weighted by molar-refractivity contribution is 7.09. The molecule has 13 heteroatoms. The summed E-state index contributed by atoms with van der Waals surface area (Å²) in [5.74, 6) is 0.964. The molecule has 3 heterocycles. The zero-order valence-corrected chi connectivity index (χ0v) is 33.4. The van der Waals surface area contributed by atoms with Crippen molar-refractivity contribution in [1.29, 1.82) is 0 Å². The van der Waals surface area contributed by atoms with E-state index in [1.165, 1.54) is 11.3 Å². The van der Waals surface area contributed by atoms with E-state index in [4.69, 9.17) is 14.5 Å². The number of carbonyl (C=O) groups excluding carboxylic acids is 2. The van der Waals surface area contributed by atoms with Crippen molar-refractivity contribution in [3.05, 3.63) is 117 Å². The van der Waals surface area contributed by atoms with Crippen LogP contribution >= 0.6 is 22.7 Å². The highest BCUT2D eigenvalue weighted by Gasteiger charge is 2.26. The average Bonchev–Trinajstić information content (AvgIpc) is 3.89. The summed E-state index contributed by atoms with van der Waals surface area (Å²) < 4.78 is 11.1. The monoisotopic (exact) mass is 773 g/mol. The van der Waals surface area contributed by atoms with Crippen molar-refractivity contribution in [3.63, 3.8) is 0 Å². The van der Waals surface area contributed by atoms with Gasteiger partial charge in [-0.2, -0.15) is 0 Å². The number of morpholine rings is 1. The summed E-state index contributed by atoms with van der Waals surface area (Å²) in [6.07, 6.45) is 4.41. The molecule has 4 aromatic rings. The molecule has 2 amide bonds. The summed E-state index contributed by atoms with van der Waals surface area (Å²) in [6.45, 7) is 13.2. The van der Waals surface area contributed by atoms with Crippen LogP contribution in [0.15, 0.2) is 90.2 Å². The van der Waals surface area contributed by atoms with Crippen molar-refractivity contribution < 1.29 is 19.1 Å². The molecule has 3 N–H and O–H groups in total. The molecule has 0 spiro atoms. The zero-order chi connectivity index (χ0) is 38.1. The first-order valence-electron chi connectivity index (χ1n) is 18.8. The highest BCUT2D eigenvalue weighted by Crippen LogP contribution is 2.21. The van der Waals surface area contributed by atoms with Crippen molar-refractivity contribution in [2.75, 3.05) is 39.9 Å². The smallest absolute Gasteiger partial charge is 0.407 e. The van der Waals surface area contributed by atoms with Crippen LogP contribution in [0, 0.1) is 0 Å². The molecule has 1 aliphatic heterocycles. The summed E-state index contributed by atoms with van der Waals surface area (Å²) >= 11 is 3.12. The Labute approximate surface area is 328 Å². The fraction of sp³-hybridized carbons (Fsp3) is 0.463. The van der Waals surface area contributed by atoms with E-state index in [2.05, 4.69) is 75.9 Å². The molecular formula is C41H55N7O4S2. The molecule has 2 aromatic carbocycles. The number of hydrogen-bond acceptors (Lipinski definition) is 11. The van der Waals surface area contributed by atoms with Crippen LogP contribution < -0.4 is 16.0 Å². The van der Waals surface area contributed by atoms with Crippen LogP contribution in [0.3, 0.4) is 0 Å². The van der Waals surface area contributed by atoms with Crippen LogP contribution in [0.4, 0.5) is 4.79 Å². The number of aromatic nitrogens is 2. The van der Waals surface area contributed by atoms with Gasteiger partial charge in [-0.15, -0.1) is 22.7 Å². The minimum Gasteiger partial charge on any atom is -0.444 e. The van der Waals surface area contributed by atoms with E-state index in [0.29, 0.717) is 63.6 Å². The van der Waals surface area contributed by atoms with Crippen LogP contribution in [0.25, 0.3) is 0 Å². The largest absolute Gasteiger partial charge is 0.444 e. The van der Waals surface area contributed by atoms with Crippen molar-refractivity contribution >= 4 is 34.7 Å². The first-order chi connectivity index (χ1) is 26.2. The number of hydrogen-bond donors (Lipinski definition) is 3. The van der Waals surface area contributed by atoms with Crippen molar-refractivity contribution in [2.24, 2.45) is 0 Å². The quantitative estimate of drug-likeness (QED) is 0.0890. The molecule has 0 bridgehead atoms. The Morgan fingerprint density at radius 2 is 1.57 bits per heavy atom. The second-order valence-electron chi connectivity index (χ2n) is 14.1. The second kappa shape index (κ2) is 21.6. The Hall–Kier alpha value is -4.30. The molecule has 5 rings (SSSR count). The normalized spacial score (nSPS) is 14.9. The fourth-order valence-corrected chi connectivity index (χ4v) is 7.66. The van der Waals surface area contributed by atoms with E-state index in [1.54, 1.807) is 23.0 Å².